The van der Waals surface area contributed by atoms with E-state index in [-0.39, 0.29) is 29.0 Å². The van der Waals surface area contributed by atoms with E-state index in [1.165, 1.54) is 12.1 Å². The number of aryl methyl sites for hydroxylation is 1. The predicted molar refractivity (Wildman–Crippen MR) is 135 cm³/mol. The van der Waals surface area contributed by atoms with Crippen molar-refractivity contribution < 1.29 is 23.5 Å². The van der Waals surface area contributed by atoms with Crippen LogP contribution in [-0.2, 0) is 16.1 Å². The van der Waals surface area contributed by atoms with Gasteiger partial charge >= 0.3 is 0 Å². The highest BCUT2D eigenvalue weighted by Crippen LogP contribution is 2.34. The highest BCUT2D eigenvalue weighted by atomic mass is 35.5. The number of rotatable bonds is 7. The summed E-state index contributed by atoms with van der Waals surface area (Å²) in [7, 11) is 0. The van der Waals surface area contributed by atoms with Crippen LogP contribution in [0.15, 0.2) is 71.6 Å². The highest BCUT2D eigenvalue weighted by Gasteiger charge is 2.35. The second-order valence-electron chi connectivity index (χ2n) is 7.72. The number of carbonyl (C=O) groups is 3. The van der Waals surface area contributed by atoms with Gasteiger partial charge < -0.3 is 10.1 Å². The standard InChI is InChI=1S/C26H20ClFN2O4S/c1-16-4-2-3-5-22(16)29-24(31)15-34-20-10-6-17(7-11-20)12-23-25(32)30(26(33)35-23)14-18-8-9-19(28)13-21(18)27/h2-13H,14-15H2,1H3,(H,29,31)/b23-12-. The van der Waals surface area contributed by atoms with Crippen molar-refractivity contribution in [2.45, 2.75) is 13.5 Å². The number of nitrogens with one attached hydrogen (secondary N) is 1. The van der Waals surface area contributed by atoms with Crippen molar-refractivity contribution in [2.24, 2.45) is 0 Å². The van der Waals surface area contributed by atoms with Crippen LogP contribution in [0.4, 0.5) is 14.9 Å². The number of amides is 3. The van der Waals surface area contributed by atoms with Gasteiger partial charge in [-0.1, -0.05) is 48.0 Å². The molecule has 0 aliphatic carbocycles. The zero-order valence-corrected chi connectivity index (χ0v) is 20.2. The Morgan fingerprint density at radius 1 is 1.11 bits per heavy atom. The molecule has 0 atom stereocenters. The van der Waals surface area contributed by atoms with Gasteiger partial charge in [0, 0.05) is 10.7 Å². The smallest absolute Gasteiger partial charge is 0.293 e. The summed E-state index contributed by atoms with van der Waals surface area (Å²) in [4.78, 5) is 38.6. The van der Waals surface area contributed by atoms with Gasteiger partial charge in [0.1, 0.15) is 11.6 Å². The van der Waals surface area contributed by atoms with E-state index in [0.717, 1.165) is 34.0 Å². The van der Waals surface area contributed by atoms with Gasteiger partial charge in [-0.25, -0.2) is 4.39 Å². The third kappa shape index (κ3) is 6.09. The molecule has 1 heterocycles. The molecule has 1 aliphatic heterocycles. The Labute approximate surface area is 210 Å². The van der Waals surface area contributed by atoms with Gasteiger partial charge in [-0.15, -0.1) is 0 Å². The molecule has 0 saturated carbocycles. The summed E-state index contributed by atoms with van der Waals surface area (Å²) in [5.41, 5.74) is 2.85. The average molecular weight is 511 g/mol. The molecule has 1 fully saturated rings. The van der Waals surface area contributed by atoms with Crippen LogP contribution in [0, 0.1) is 12.7 Å². The van der Waals surface area contributed by atoms with E-state index < -0.39 is 17.0 Å². The number of hydrogen-bond acceptors (Lipinski definition) is 5. The first-order chi connectivity index (χ1) is 16.8. The third-order valence-electron chi connectivity index (χ3n) is 5.18. The first kappa shape index (κ1) is 24.5. The first-order valence-corrected chi connectivity index (χ1v) is 11.8. The van der Waals surface area contributed by atoms with Crippen molar-refractivity contribution in [3.05, 3.63) is 99.2 Å². The average Bonchev–Trinajstić information content (AvgIpc) is 3.09. The Kier molecular flexibility index (Phi) is 7.53. The number of nitrogens with zero attached hydrogens (tertiary/aromatic N) is 1. The summed E-state index contributed by atoms with van der Waals surface area (Å²) in [6, 6.07) is 18.1. The number of hydrogen-bond donors (Lipinski definition) is 1. The van der Waals surface area contributed by atoms with E-state index in [1.807, 2.05) is 31.2 Å². The highest BCUT2D eigenvalue weighted by molar-refractivity contribution is 8.18. The maximum Gasteiger partial charge on any atom is 0.293 e. The second-order valence-corrected chi connectivity index (χ2v) is 9.12. The minimum Gasteiger partial charge on any atom is -0.484 e. The van der Waals surface area contributed by atoms with Gasteiger partial charge in [0.15, 0.2) is 6.61 Å². The minimum atomic E-state index is -0.493. The number of imide groups is 1. The van der Waals surface area contributed by atoms with Crippen LogP contribution >= 0.6 is 23.4 Å². The number of carbonyl (C=O) groups excluding carboxylic acids is 3. The van der Waals surface area contributed by atoms with Crippen LogP contribution in [0.5, 0.6) is 5.75 Å². The van der Waals surface area contributed by atoms with Gasteiger partial charge in [-0.3, -0.25) is 19.3 Å². The molecule has 1 N–H and O–H groups in total. The summed E-state index contributed by atoms with van der Waals surface area (Å²) in [6.07, 6.45) is 1.60. The van der Waals surface area contributed by atoms with Crippen molar-refractivity contribution in [1.29, 1.82) is 0 Å². The molecule has 0 radical (unpaired) electrons. The van der Waals surface area contributed by atoms with Gasteiger partial charge in [0.2, 0.25) is 0 Å². The van der Waals surface area contributed by atoms with Crippen LogP contribution in [0.3, 0.4) is 0 Å². The van der Waals surface area contributed by atoms with E-state index in [4.69, 9.17) is 16.3 Å². The van der Waals surface area contributed by atoms with Gasteiger partial charge in [-0.2, -0.15) is 0 Å². The summed E-state index contributed by atoms with van der Waals surface area (Å²) in [6.45, 7) is 1.71. The molecular weight excluding hydrogens is 491 g/mol. The largest absolute Gasteiger partial charge is 0.484 e. The molecule has 0 bridgehead atoms. The van der Waals surface area contributed by atoms with Crippen molar-refractivity contribution in [1.82, 2.24) is 4.90 Å². The molecule has 3 aromatic carbocycles. The lowest BCUT2D eigenvalue weighted by molar-refractivity contribution is -0.123. The number of benzene rings is 3. The summed E-state index contributed by atoms with van der Waals surface area (Å²) in [5.74, 6) is -0.736. The maximum atomic E-state index is 13.3. The summed E-state index contributed by atoms with van der Waals surface area (Å²) >= 11 is 6.85. The predicted octanol–water partition coefficient (Wildman–Crippen LogP) is 6.04. The lowest BCUT2D eigenvalue weighted by Crippen LogP contribution is -2.27. The normalized spacial score (nSPS) is 14.5. The zero-order valence-electron chi connectivity index (χ0n) is 18.6. The molecule has 0 aromatic heterocycles. The lowest BCUT2D eigenvalue weighted by Gasteiger charge is -2.13. The Morgan fingerprint density at radius 2 is 1.86 bits per heavy atom. The lowest BCUT2D eigenvalue weighted by atomic mass is 10.2. The van der Waals surface area contributed by atoms with Gasteiger partial charge in [-0.05, 0) is 71.8 Å². The Bertz CT molecular complexity index is 1330. The van der Waals surface area contributed by atoms with Crippen molar-refractivity contribution in [2.75, 3.05) is 11.9 Å². The van der Waals surface area contributed by atoms with E-state index in [1.54, 1.807) is 30.3 Å². The van der Waals surface area contributed by atoms with Gasteiger partial charge in [0.25, 0.3) is 17.1 Å². The van der Waals surface area contributed by atoms with E-state index in [9.17, 15) is 18.8 Å². The molecule has 6 nitrogen and oxygen atoms in total. The van der Waals surface area contributed by atoms with Crippen LogP contribution in [-0.4, -0.2) is 28.6 Å². The number of para-hydroxylation sites is 1. The van der Waals surface area contributed by atoms with Crippen LogP contribution in [0.25, 0.3) is 6.08 Å². The first-order valence-electron chi connectivity index (χ1n) is 10.6. The van der Waals surface area contributed by atoms with Gasteiger partial charge in [0.05, 0.1) is 11.4 Å². The van der Waals surface area contributed by atoms with Crippen molar-refractivity contribution in [3.8, 4) is 5.75 Å². The molecule has 0 unspecified atom stereocenters. The Morgan fingerprint density at radius 3 is 2.57 bits per heavy atom. The SMILES string of the molecule is Cc1ccccc1NC(=O)COc1ccc(/C=C2\SC(=O)N(Cc3ccc(F)cc3Cl)C2=O)cc1. The molecule has 178 valence electrons. The van der Waals surface area contributed by atoms with Crippen LogP contribution < -0.4 is 10.1 Å². The molecule has 9 heteroatoms. The Balaban J connectivity index is 1.36. The Hall–Kier alpha value is -3.62. The van der Waals surface area contributed by atoms with E-state index in [2.05, 4.69) is 5.32 Å². The van der Waals surface area contributed by atoms with Crippen LogP contribution in [0.1, 0.15) is 16.7 Å². The fourth-order valence-electron chi connectivity index (χ4n) is 3.32. The molecule has 3 amide bonds. The molecular formula is C26H20ClFN2O4S. The summed E-state index contributed by atoms with van der Waals surface area (Å²) in [5, 5.41) is 2.52. The molecule has 3 aromatic rings. The fourth-order valence-corrected chi connectivity index (χ4v) is 4.38. The second kappa shape index (κ2) is 10.8. The molecule has 1 aliphatic rings. The topological polar surface area (TPSA) is 75.7 Å². The number of ether oxygens (including phenoxy) is 1. The fraction of sp³-hybridized carbons (Fsp3) is 0.115. The third-order valence-corrected chi connectivity index (χ3v) is 6.44. The van der Waals surface area contributed by atoms with E-state index in [0.29, 0.717) is 16.9 Å². The molecule has 1 saturated heterocycles. The molecule has 4 rings (SSSR count). The maximum absolute atomic E-state index is 13.3. The van der Waals surface area contributed by atoms with Crippen molar-refractivity contribution >= 4 is 52.2 Å². The van der Waals surface area contributed by atoms with E-state index >= 15 is 0 Å². The molecule has 35 heavy (non-hydrogen) atoms. The number of thioether (sulfide) groups is 1. The van der Waals surface area contributed by atoms with Crippen molar-refractivity contribution in [3.63, 3.8) is 0 Å². The molecule has 0 spiro atoms. The quantitative estimate of drug-likeness (QED) is 0.392. The minimum absolute atomic E-state index is 0.0432. The zero-order chi connectivity index (χ0) is 24.9. The summed E-state index contributed by atoms with van der Waals surface area (Å²) < 4.78 is 18.8. The number of anilines is 1. The number of halogens is 2. The monoisotopic (exact) mass is 510 g/mol. The van der Waals surface area contributed by atoms with Crippen LogP contribution in [0.2, 0.25) is 5.02 Å².